The van der Waals surface area contributed by atoms with Gasteiger partial charge in [0, 0.05) is 30.3 Å². The molecule has 0 saturated heterocycles. The third kappa shape index (κ3) is 2.99. The highest BCUT2D eigenvalue weighted by atomic mass is 16.5. The topological polar surface area (TPSA) is 47.6 Å². The summed E-state index contributed by atoms with van der Waals surface area (Å²) in [7, 11) is 3.24. The summed E-state index contributed by atoms with van der Waals surface area (Å²) < 4.78 is 10.6. The first-order valence-corrected chi connectivity index (χ1v) is 9.10. The normalized spacial score (nSPS) is 33.3. The van der Waals surface area contributed by atoms with Crippen LogP contribution in [0.1, 0.15) is 44.9 Å². The number of amides is 1. The molecule has 4 aliphatic rings. The zero-order valence-electron chi connectivity index (χ0n) is 14.6. The van der Waals surface area contributed by atoms with Crippen molar-refractivity contribution in [1.29, 1.82) is 0 Å². The molecule has 0 unspecified atom stereocenters. The van der Waals surface area contributed by atoms with E-state index in [4.69, 9.17) is 9.47 Å². The Bertz CT molecular complexity index is 582. The Hall–Kier alpha value is -1.71. The van der Waals surface area contributed by atoms with Crippen LogP contribution in [0.15, 0.2) is 18.2 Å². The average molecular weight is 329 g/mol. The van der Waals surface area contributed by atoms with Crippen molar-refractivity contribution < 1.29 is 14.3 Å². The van der Waals surface area contributed by atoms with E-state index in [1.165, 1.54) is 38.5 Å². The lowest BCUT2D eigenvalue weighted by Gasteiger charge is -2.56. The Balaban J connectivity index is 1.45. The first-order chi connectivity index (χ1) is 11.6. The van der Waals surface area contributed by atoms with Gasteiger partial charge in [0.1, 0.15) is 11.5 Å². The summed E-state index contributed by atoms with van der Waals surface area (Å²) in [5.74, 6) is 4.15. The van der Waals surface area contributed by atoms with E-state index in [2.05, 4.69) is 5.32 Å². The van der Waals surface area contributed by atoms with E-state index in [1.54, 1.807) is 14.2 Å². The van der Waals surface area contributed by atoms with Crippen LogP contribution in [-0.2, 0) is 4.79 Å². The molecule has 4 bridgehead atoms. The van der Waals surface area contributed by atoms with Crippen molar-refractivity contribution in [1.82, 2.24) is 0 Å². The van der Waals surface area contributed by atoms with Gasteiger partial charge in [-0.1, -0.05) is 0 Å². The molecule has 4 nitrogen and oxygen atoms in total. The Labute approximate surface area is 143 Å². The molecule has 1 N–H and O–H groups in total. The number of benzene rings is 1. The van der Waals surface area contributed by atoms with E-state index >= 15 is 0 Å². The van der Waals surface area contributed by atoms with Crippen molar-refractivity contribution in [3.8, 4) is 11.5 Å². The number of hydrogen-bond acceptors (Lipinski definition) is 3. The highest BCUT2D eigenvalue weighted by molar-refractivity contribution is 5.91. The number of anilines is 1. The Morgan fingerprint density at radius 1 is 1.00 bits per heavy atom. The highest BCUT2D eigenvalue weighted by Crippen LogP contribution is 2.61. The van der Waals surface area contributed by atoms with E-state index < -0.39 is 0 Å². The first kappa shape index (κ1) is 15.8. The van der Waals surface area contributed by atoms with Crippen molar-refractivity contribution >= 4 is 11.6 Å². The van der Waals surface area contributed by atoms with Crippen LogP contribution < -0.4 is 14.8 Å². The largest absolute Gasteiger partial charge is 0.497 e. The van der Waals surface area contributed by atoms with Gasteiger partial charge in [0.15, 0.2) is 0 Å². The molecule has 4 saturated carbocycles. The minimum absolute atomic E-state index is 0.132. The van der Waals surface area contributed by atoms with E-state index in [0.717, 1.165) is 23.4 Å². The maximum Gasteiger partial charge on any atom is 0.224 e. The van der Waals surface area contributed by atoms with Gasteiger partial charge >= 0.3 is 0 Å². The average Bonchev–Trinajstić information content (AvgIpc) is 2.52. The number of carbonyl (C=O) groups excluding carboxylic acids is 1. The van der Waals surface area contributed by atoms with Crippen LogP contribution in [0.5, 0.6) is 11.5 Å². The maximum absolute atomic E-state index is 12.7. The number of methoxy groups -OCH3 is 2. The molecule has 4 heteroatoms. The number of rotatable bonds is 5. The van der Waals surface area contributed by atoms with Crippen LogP contribution >= 0.6 is 0 Å². The van der Waals surface area contributed by atoms with Crippen LogP contribution in [0.3, 0.4) is 0 Å². The molecular weight excluding hydrogens is 302 g/mol. The smallest absolute Gasteiger partial charge is 0.224 e. The molecule has 1 amide bonds. The second-order valence-corrected chi connectivity index (χ2v) is 8.24. The predicted molar refractivity (Wildman–Crippen MR) is 93.4 cm³/mol. The molecular formula is C20H27NO3. The van der Waals surface area contributed by atoms with Crippen LogP contribution in [0, 0.1) is 23.2 Å². The summed E-state index contributed by atoms with van der Waals surface area (Å²) >= 11 is 0. The SMILES string of the molecule is COc1cc(NC(=O)CC23CC4CC(CC(C4)C2)C3)cc(OC)c1. The quantitative estimate of drug-likeness (QED) is 0.878. The zero-order valence-corrected chi connectivity index (χ0v) is 14.6. The van der Waals surface area contributed by atoms with E-state index in [-0.39, 0.29) is 11.3 Å². The number of ether oxygens (including phenoxy) is 2. The lowest BCUT2D eigenvalue weighted by molar-refractivity contribution is -0.124. The van der Waals surface area contributed by atoms with Crippen LogP contribution in [0.2, 0.25) is 0 Å². The third-order valence-electron chi connectivity index (χ3n) is 6.34. The summed E-state index contributed by atoms with van der Waals surface area (Å²) in [4.78, 5) is 12.7. The number of hydrogen-bond donors (Lipinski definition) is 1. The molecule has 130 valence electrons. The maximum atomic E-state index is 12.7. The Kier molecular flexibility index (Phi) is 3.93. The molecule has 24 heavy (non-hydrogen) atoms. The van der Waals surface area contributed by atoms with Gasteiger partial charge in [-0.05, 0) is 61.7 Å². The van der Waals surface area contributed by atoms with Crippen molar-refractivity contribution in [2.45, 2.75) is 44.9 Å². The summed E-state index contributed by atoms with van der Waals surface area (Å²) in [5.41, 5.74) is 1.02. The molecule has 5 rings (SSSR count). The number of carbonyl (C=O) groups is 1. The lowest BCUT2D eigenvalue weighted by atomic mass is 9.49. The van der Waals surface area contributed by atoms with Gasteiger partial charge in [-0.3, -0.25) is 4.79 Å². The molecule has 4 fully saturated rings. The number of nitrogens with one attached hydrogen (secondary N) is 1. The molecule has 0 heterocycles. The monoisotopic (exact) mass is 329 g/mol. The minimum Gasteiger partial charge on any atom is -0.497 e. The molecule has 1 aromatic carbocycles. The second kappa shape index (κ2) is 5.98. The van der Waals surface area contributed by atoms with E-state index in [1.807, 2.05) is 18.2 Å². The van der Waals surface area contributed by atoms with Gasteiger partial charge in [-0.2, -0.15) is 0 Å². The lowest BCUT2D eigenvalue weighted by Crippen LogP contribution is -2.47. The van der Waals surface area contributed by atoms with Gasteiger partial charge in [0.05, 0.1) is 14.2 Å². The van der Waals surface area contributed by atoms with Crippen LogP contribution in [-0.4, -0.2) is 20.1 Å². The van der Waals surface area contributed by atoms with Gasteiger partial charge in [0.25, 0.3) is 0 Å². The highest BCUT2D eigenvalue weighted by Gasteiger charge is 2.51. The van der Waals surface area contributed by atoms with Crippen molar-refractivity contribution in [2.24, 2.45) is 23.2 Å². The minimum atomic E-state index is 0.132. The van der Waals surface area contributed by atoms with Gasteiger partial charge in [0.2, 0.25) is 5.91 Å². The standard InChI is InChI=1S/C20H27NO3/c1-23-17-6-16(7-18(8-17)24-2)21-19(22)12-20-9-13-3-14(10-20)5-15(4-13)11-20/h6-8,13-15H,3-5,9-12H2,1-2H3,(H,21,22). The van der Waals surface area contributed by atoms with Crippen molar-refractivity contribution in [2.75, 3.05) is 19.5 Å². The Morgan fingerprint density at radius 3 is 1.96 bits per heavy atom. The molecule has 0 aliphatic heterocycles. The fourth-order valence-electron chi connectivity index (χ4n) is 5.93. The molecule has 0 atom stereocenters. The summed E-state index contributed by atoms with van der Waals surface area (Å²) in [5, 5.41) is 3.07. The Morgan fingerprint density at radius 2 is 1.50 bits per heavy atom. The zero-order chi connectivity index (χ0) is 16.7. The van der Waals surface area contributed by atoms with E-state index in [9.17, 15) is 4.79 Å². The first-order valence-electron chi connectivity index (χ1n) is 9.10. The van der Waals surface area contributed by atoms with Crippen molar-refractivity contribution in [3.63, 3.8) is 0 Å². The van der Waals surface area contributed by atoms with Crippen LogP contribution in [0.4, 0.5) is 5.69 Å². The molecule has 0 spiro atoms. The summed E-state index contributed by atoms with van der Waals surface area (Å²) in [6.45, 7) is 0. The molecule has 0 radical (unpaired) electrons. The van der Waals surface area contributed by atoms with Gasteiger partial charge < -0.3 is 14.8 Å². The molecule has 4 aliphatic carbocycles. The summed E-state index contributed by atoms with van der Waals surface area (Å²) in [6.07, 6.45) is 8.67. The van der Waals surface area contributed by atoms with Gasteiger partial charge in [-0.15, -0.1) is 0 Å². The summed E-state index contributed by atoms with van der Waals surface area (Å²) in [6, 6.07) is 5.51. The fourth-order valence-corrected chi connectivity index (χ4v) is 5.93. The van der Waals surface area contributed by atoms with Gasteiger partial charge in [-0.25, -0.2) is 0 Å². The van der Waals surface area contributed by atoms with E-state index in [0.29, 0.717) is 17.9 Å². The van der Waals surface area contributed by atoms with Crippen molar-refractivity contribution in [3.05, 3.63) is 18.2 Å². The fraction of sp³-hybridized carbons (Fsp3) is 0.650. The molecule has 0 aromatic heterocycles. The molecule has 1 aromatic rings. The third-order valence-corrected chi connectivity index (χ3v) is 6.34. The van der Waals surface area contributed by atoms with Crippen LogP contribution in [0.25, 0.3) is 0 Å². The predicted octanol–water partition coefficient (Wildman–Crippen LogP) is 4.25. The second-order valence-electron chi connectivity index (χ2n) is 8.24.